The Morgan fingerprint density at radius 3 is 2.18 bits per heavy atom. The van der Waals surface area contributed by atoms with Gasteiger partial charge in [-0.3, -0.25) is 9.59 Å². The van der Waals surface area contributed by atoms with Gasteiger partial charge in [0, 0.05) is 23.9 Å². The van der Waals surface area contributed by atoms with Gasteiger partial charge in [0.15, 0.2) is 0 Å². The minimum atomic E-state index is -0.597. The largest absolute Gasteiger partial charge is 0.352 e. The van der Waals surface area contributed by atoms with E-state index in [9.17, 15) is 9.59 Å². The smallest absolute Gasteiger partial charge is 0.243 e. The molecule has 0 unspecified atom stereocenters. The lowest BCUT2D eigenvalue weighted by atomic mass is 10.0. The van der Waals surface area contributed by atoms with Crippen LogP contribution in [0.5, 0.6) is 0 Å². The minimum absolute atomic E-state index is 0.0416. The van der Waals surface area contributed by atoms with E-state index < -0.39 is 6.04 Å². The number of benzene rings is 3. The van der Waals surface area contributed by atoms with Gasteiger partial charge in [0.2, 0.25) is 11.8 Å². The summed E-state index contributed by atoms with van der Waals surface area (Å²) in [6, 6.07) is 27.3. The molecule has 0 radical (unpaired) electrons. The van der Waals surface area contributed by atoms with Crippen LogP contribution in [0, 0.1) is 6.92 Å². The first kappa shape index (κ1) is 25.6. The topological polar surface area (TPSA) is 49.4 Å². The molecule has 1 N–H and O–H groups in total. The van der Waals surface area contributed by atoms with Crippen LogP contribution < -0.4 is 5.32 Å². The summed E-state index contributed by atoms with van der Waals surface area (Å²) in [5.74, 6) is 0.125. The molecule has 0 spiro atoms. The Hall–Kier alpha value is -3.05. The lowest BCUT2D eigenvalue weighted by molar-refractivity contribution is -0.139. The summed E-state index contributed by atoms with van der Waals surface area (Å²) in [6.45, 7) is 6.48. The summed E-state index contributed by atoms with van der Waals surface area (Å²) in [5, 5.41) is 3.12. The van der Waals surface area contributed by atoms with Crippen LogP contribution in [0.25, 0.3) is 0 Å². The van der Waals surface area contributed by atoms with Crippen molar-refractivity contribution in [1.29, 1.82) is 0 Å². The molecule has 0 heterocycles. The first-order chi connectivity index (χ1) is 16.5. The highest BCUT2D eigenvalue weighted by molar-refractivity contribution is 8.00. The predicted molar refractivity (Wildman–Crippen MR) is 141 cm³/mol. The number of thioether (sulfide) groups is 1. The van der Waals surface area contributed by atoms with Crippen LogP contribution in [-0.4, -0.2) is 34.6 Å². The molecule has 178 valence electrons. The highest BCUT2D eigenvalue weighted by atomic mass is 32.2. The van der Waals surface area contributed by atoms with Gasteiger partial charge in [-0.1, -0.05) is 79.7 Å². The molecule has 0 aromatic heterocycles. The summed E-state index contributed by atoms with van der Waals surface area (Å²) >= 11 is 1.50. The average molecular weight is 475 g/mol. The number of nitrogens with one attached hydrogen (secondary N) is 1. The average Bonchev–Trinajstić information content (AvgIpc) is 2.86. The van der Waals surface area contributed by atoms with Gasteiger partial charge in [-0.25, -0.2) is 0 Å². The number of amides is 2. The van der Waals surface area contributed by atoms with Crippen molar-refractivity contribution in [3.63, 3.8) is 0 Å². The van der Waals surface area contributed by atoms with Crippen LogP contribution in [0.1, 0.15) is 37.0 Å². The Labute approximate surface area is 207 Å². The molecule has 34 heavy (non-hydrogen) atoms. The molecule has 0 aliphatic heterocycles. The van der Waals surface area contributed by atoms with E-state index >= 15 is 0 Å². The molecule has 3 aromatic rings. The molecule has 0 saturated carbocycles. The first-order valence-corrected chi connectivity index (χ1v) is 12.8. The third kappa shape index (κ3) is 7.49. The fourth-order valence-electron chi connectivity index (χ4n) is 3.71. The molecule has 2 atom stereocenters. The Kier molecular flexibility index (Phi) is 9.77. The zero-order chi connectivity index (χ0) is 24.3. The molecular formula is C29H34N2O2S. The number of rotatable bonds is 11. The summed E-state index contributed by atoms with van der Waals surface area (Å²) in [5.41, 5.74) is 3.19. The normalized spacial score (nSPS) is 12.6. The van der Waals surface area contributed by atoms with Gasteiger partial charge >= 0.3 is 0 Å². The van der Waals surface area contributed by atoms with Crippen LogP contribution in [0.15, 0.2) is 89.8 Å². The molecule has 0 aliphatic carbocycles. The SMILES string of the molecule is CC[C@@H](C)NC(=O)[C@H](Cc1ccccc1)N(Cc1ccccc1C)C(=O)CSc1ccccc1. The second kappa shape index (κ2) is 13.0. The van der Waals surface area contributed by atoms with Crippen molar-refractivity contribution < 1.29 is 9.59 Å². The summed E-state index contributed by atoms with van der Waals surface area (Å²) in [6.07, 6.45) is 1.30. The second-order valence-electron chi connectivity index (χ2n) is 8.57. The van der Waals surface area contributed by atoms with Crippen LogP contribution >= 0.6 is 11.8 Å². The third-order valence-electron chi connectivity index (χ3n) is 5.98. The van der Waals surface area contributed by atoms with Gasteiger partial charge in [0.1, 0.15) is 6.04 Å². The Morgan fingerprint density at radius 1 is 0.912 bits per heavy atom. The molecule has 0 saturated heterocycles. The number of hydrogen-bond acceptors (Lipinski definition) is 3. The minimum Gasteiger partial charge on any atom is -0.352 e. The lowest BCUT2D eigenvalue weighted by Gasteiger charge is -2.32. The first-order valence-electron chi connectivity index (χ1n) is 11.8. The number of hydrogen-bond donors (Lipinski definition) is 1. The van der Waals surface area contributed by atoms with E-state index in [0.29, 0.717) is 13.0 Å². The van der Waals surface area contributed by atoms with Crippen molar-refractivity contribution in [3.05, 3.63) is 102 Å². The van der Waals surface area contributed by atoms with E-state index in [1.807, 2.05) is 106 Å². The number of carbonyl (C=O) groups is 2. The van der Waals surface area contributed by atoms with Gasteiger partial charge in [-0.2, -0.15) is 0 Å². The van der Waals surface area contributed by atoms with Gasteiger partial charge in [0.05, 0.1) is 5.75 Å². The quantitative estimate of drug-likeness (QED) is 0.366. The van der Waals surface area contributed by atoms with E-state index in [-0.39, 0.29) is 23.6 Å². The van der Waals surface area contributed by atoms with Gasteiger partial charge < -0.3 is 10.2 Å². The predicted octanol–water partition coefficient (Wildman–Crippen LogP) is 5.64. The number of aryl methyl sites for hydroxylation is 1. The fourth-order valence-corrected chi connectivity index (χ4v) is 4.52. The standard InChI is InChI=1S/C29H34N2O2S/c1-4-23(3)30-29(33)27(19-24-14-7-5-8-15-24)31(20-25-16-12-11-13-22(25)2)28(32)21-34-26-17-9-6-10-18-26/h5-18,23,27H,4,19-21H2,1-3H3,(H,30,33)/t23-,27+/m1/s1. The van der Waals surface area contributed by atoms with Crippen LogP contribution in [0.4, 0.5) is 0 Å². The summed E-state index contributed by atoms with van der Waals surface area (Å²) in [7, 11) is 0. The number of carbonyl (C=O) groups excluding carboxylic acids is 2. The lowest BCUT2D eigenvalue weighted by Crippen LogP contribution is -2.52. The van der Waals surface area contributed by atoms with E-state index in [4.69, 9.17) is 0 Å². The molecule has 0 fully saturated rings. The van der Waals surface area contributed by atoms with E-state index in [1.165, 1.54) is 11.8 Å². The van der Waals surface area contributed by atoms with Gasteiger partial charge in [-0.15, -0.1) is 11.8 Å². The number of nitrogens with zero attached hydrogens (tertiary/aromatic N) is 1. The van der Waals surface area contributed by atoms with Crippen molar-refractivity contribution in [2.45, 2.75) is 57.1 Å². The highest BCUT2D eigenvalue weighted by Gasteiger charge is 2.31. The molecular weight excluding hydrogens is 440 g/mol. The summed E-state index contributed by atoms with van der Waals surface area (Å²) in [4.78, 5) is 30.0. The molecule has 4 nitrogen and oxygen atoms in total. The highest BCUT2D eigenvalue weighted by Crippen LogP contribution is 2.22. The monoisotopic (exact) mass is 474 g/mol. The molecule has 0 aliphatic rings. The maximum atomic E-state index is 13.6. The van der Waals surface area contributed by atoms with Gasteiger partial charge in [-0.05, 0) is 49.1 Å². The maximum Gasteiger partial charge on any atom is 0.243 e. The third-order valence-corrected chi connectivity index (χ3v) is 6.98. The van der Waals surface area contributed by atoms with Crippen molar-refractivity contribution in [2.75, 3.05) is 5.75 Å². The zero-order valence-corrected chi connectivity index (χ0v) is 21.1. The van der Waals surface area contributed by atoms with Crippen molar-refractivity contribution >= 4 is 23.6 Å². The second-order valence-corrected chi connectivity index (χ2v) is 9.62. The molecule has 5 heteroatoms. The van der Waals surface area contributed by atoms with Crippen molar-refractivity contribution in [1.82, 2.24) is 10.2 Å². The van der Waals surface area contributed by atoms with Gasteiger partial charge in [0.25, 0.3) is 0 Å². The molecule has 3 aromatic carbocycles. The zero-order valence-electron chi connectivity index (χ0n) is 20.2. The van der Waals surface area contributed by atoms with E-state index in [2.05, 4.69) is 5.32 Å². The maximum absolute atomic E-state index is 13.6. The Balaban J connectivity index is 1.92. The molecule has 3 rings (SSSR count). The van der Waals surface area contributed by atoms with E-state index in [1.54, 1.807) is 4.90 Å². The van der Waals surface area contributed by atoms with Crippen molar-refractivity contribution in [3.8, 4) is 0 Å². The van der Waals surface area contributed by atoms with Crippen LogP contribution in [0.3, 0.4) is 0 Å². The van der Waals surface area contributed by atoms with Crippen LogP contribution in [-0.2, 0) is 22.6 Å². The van der Waals surface area contributed by atoms with E-state index in [0.717, 1.165) is 28.0 Å². The van der Waals surface area contributed by atoms with Crippen molar-refractivity contribution in [2.24, 2.45) is 0 Å². The van der Waals surface area contributed by atoms with Crippen LogP contribution in [0.2, 0.25) is 0 Å². The summed E-state index contributed by atoms with van der Waals surface area (Å²) < 4.78 is 0. The Morgan fingerprint density at radius 2 is 1.53 bits per heavy atom. The molecule has 2 amide bonds. The fraction of sp³-hybridized carbons (Fsp3) is 0.310. The Bertz CT molecular complexity index is 1060. The molecule has 0 bridgehead atoms.